The van der Waals surface area contributed by atoms with E-state index in [4.69, 9.17) is 9.47 Å². The highest BCUT2D eigenvalue weighted by molar-refractivity contribution is 5.85. The van der Waals surface area contributed by atoms with Crippen molar-refractivity contribution in [2.45, 2.75) is 38.5 Å². The molecule has 36 heavy (non-hydrogen) atoms. The van der Waals surface area contributed by atoms with Crippen LogP contribution in [0.3, 0.4) is 0 Å². The zero-order valence-corrected chi connectivity index (χ0v) is 20.9. The molecule has 0 unspecified atom stereocenters. The molecule has 0 aromatic heterocycles. The molecule has 0 bridgehead atoms. The minimum Gasteiger partial charge on any atom is -0.455 e. The molecule has 2 aromatic carbocycles. The summed E-state index contributed by atoms with van der Waals surface area (Å²) in [6.45, 7) is 4.45. The van der Waals surface area contributed by atoms with Gasteiger partial charge < -0.3 is 19.3 Å². The Hall–Kier alpha value is -3.68. The van der Waals surface area contributed by atoms with Gasteiger partial charge in [0.2, 0.25) is 0 Å². The normalized spacial score (nSPS) is 15.1. The average Bonchev–Trinajstić information content (AvgIpc) is 2.92. The van der Waals surface area contributed by atoms with Crippen molar-refractivity contribution in [2.24, 2.45) is 0 Å². The van der Waals surface area contributed by atoms with E-state index in [1.807, 2.05) is 74.5 Å². The predicted molar refractivity (Wildman–Crippen MR) is 134 cm³/mol. The van der Waals surface area contributed by atoms with Crippen molar-refractivity contribution in [1.29, 1.82) is 0 Å². The van der Waals surface area contributed by atoms with Crippen molar-refractivity contribution >= 4 is 23.8 Å². The van der Waals surface area contributed by atoms with Crippen molar-refractivity contribution in [1.82, 2.24) is 9.80 Å². The summed E-state index contributed by atoms with van der Waals surface area (Å²) >= 11 is 0. The highest BCUT2D eigenvalue weighted by Crippen LogP contribution is 2.22. The van der Waals surface area contributed by atoms with Crippen LogP contribution in [-0.4, -0.2) is 72.9 Å². The van der Waals surface area contributed by atoms with E-state index < -0.39 is 23.8 Å². The number of benzene rings is 2. The summed E-state index contributed by atoms with van der Waals surface area (Å²) in [7, 11) is 0. The Kier molecular flexibility index (Phi) is 10.0. The van der Waals surface area contributed by atoms with Crippen molar-refractivity contribution in [2.75, 3.05) is 39.4 Å². The summed E-state index contributed by atoms with van der Waals surface area (Å²) < 4.78 is 10.6. The number of carbonyl (C=O) groups excluding carboxylic acids is 4. The van der Waals surface area contributed by atoms with Gasteiger partial charge in [0.25, 0.3) is 11.8 Å². The monoisotopic (exact) mass is 494 g/mol. The molecule has 0 radical (unpaired) electrons. The molecule has 0 spiro atoms. The fourth-order valence-electron chi connectivity index (χ4n) is 4.30. The molecule has 3 rings (SSSR count). The fourth-order valence-corrected chi connectivity index (χ4v) is 4.30. The van der Waals surface area contributed by atoms with Gasteiger partial charge in [-0.1, -0.05) is 74.5 Å². The van der Waals surface area contributed by atoms with Crippen LogP contribution in [0.5, 0.6) is 0 Å². The average molecular weight is 495 g/mol. The lowest BCUT2D eigenvalue weighted by Gasteiger charge is -2.34. The summed E-state index contributed by atoms with van der Waals surface area (Å²) in [5.74, 6) is -2.25. The molecule has 1 aliphatic rings. The van der Waals surface area contributed by atoms with Crippen molar-refractivity contribution < 1.29 is 28.7 Å². The first kappa shape index (κ1) is 26.9. The number of nitrogens with zero attached hydrogens (tertiary/aromatic N) is 2. The van der Waals surface area contributed by atoms with Gasteiger partial charge in [-0.15, -0.1) is 0 Å². The van der Waals surface area contributed by atoms with Crippen LogP contribution in [0.2, 0.25) is 0 Å². The number of carbonyl (C=O) groups is 4. The molecule has 0 saturated carbocycles. The molecule has 192 valence electrons. The van der Waals surface area contributed by atoms with Gasteiger partial charge in [-0.25, -0.2) is 0 Å². The molecule has 1 heterocycles. The first-order valence-corrected chi connectivity index (χ1v) is 12.4. The maximum Gasteiger partial charge on any atom is 0.313 e. The quantitative estimate of drug-likeness (QED) is 0.471. The second kappa shape index (κ2) is 13.4. The third kappa shape index (κ3) is 7.16. The molecule has 8 nitrogen and oxygen atoms in total. The summed E-state index contributed by atoms with van der Waals surface area (Å²) in [5, 5.41) is 0. The lowest BCUT2D eigenvalue weighted by atomic mass is 9.97. The van der Waals surface area contributed by atoms with E-state index in [2.05, 4.69) is 0 Å². The van der Waals surface area contributed by atoms with Gasteiger partial charge in [0.1, 0.15) is 0 Å². The molecule has 1 aliphatic heterocycles. The largest absolute Gasteiger partial charge is 0.455 e. The first-order chi connectivity index (χ1) is 17.4. The molecule has 0 N–H and O–H groups in total. The van der Waals surface area contributed by atoms with Gasteiger partial charge in [0, 0.05) is 26.2 Å². The second-order valence-electron chi connectivity index (χ2n) is 8.72. The van der Waals surface area contributed by atoms with E-state index in [-0.39, 0.29) is 25.0 Å². The number of esters is 2. The molecular formula is C28H34N2O6. The zero-order valence-electron chi connectivity index (χ0n) is 20.9. The second-order valence-corrected chi connectivity index (χ2v) is 8.72. The van der Waals surface area contributed by atoms with Crippen LogP contribution >= 0.6 is 0 Å². The Morgan fingerprint density at radius 2 is 0.972 bits per heavy atom. The molecule has 1 saturated heterocycles. The number of piperazine rings is 1. The maximum atomic E-state index is 12.6. The lowest BCUT2D eigenvalue weighted by molar-refractivity contribution is -0.156. The van der Waals surface area contributed by atoms with E-state index in [0.717, 1.165) is 11.1 Å². The Bertz CT molecular complexity index is 935. The Labute approximate surface area is 212 Å². The highest BCUT2D eigenvalue weighted by Gasteiger charge is 2.28. The number of hydrogen-bond donors (Lipinski definition) is 0. The SMILES string of the molecule is CC[C@@H](C(=O)OCC(=O)N1CCN(C(=O)COC(=O)[C@H](CC)c2ccccc2)CC1)c1ccccc1. The van der Waals surface area contributed by atoms with Crippen LogP contribution in [0.4, 0.5) is 0 Å². The van der Waals surface area contributed by atoms with E-state index in [9.17, 15) is 19.2 Å². The van der Waals surface area contributed by atoms with Crippen molar-refractivity contribution in [3.8, 4) is 0 Å². The van der Waals surface area contributed by atoms with Gasteiger partial charge >= 0.3 is 11.9 Å². The molecule has 2 amide bonds. The van der Waals surface area contributed by atoms with E-state index >= 15 is 0 Å². The Morgan fingerprint density at radius 1 is 0.639 bits per heavy atom. The van der Waals surface area contributed by atoms with Gasteiger partial charge in [-0.3, -0.25) is 19.2 Å². The topological polar surface area (TPSA) is 93.2 Å². The summed E-state index contributed by atoms with van der Waals surface area (Å²) in [6, 6.07) is 18.7. The highest BCUT2D eigenvalue weighted by atomic mass is 16.5. The summed E-state index contributed by atoms with van der Waals surface area (Å²) in [6.07, 6.45) is 1.15. The van der Waals surface area contributed by atoms with Crippen LogP contribution in [0, 0.1) is 0 Å². The molecule has 2 aromatic rings. The third-order valence-corrected chi connectivity index (χ3v) is 6.45. The maximum absolute atomic E-state index is 12.6. The van der Waals surface area contributed by atoms with Gasteiger partial charge in [-0.05, 0) is 24.0 Å². The van der Waals surface area contributed by atoms with Crippen LogP contribution < -0.4 is 0 Å². The molecular weight excluding hydrogens is 460 g/mol. The minimum absolute atomic E-state index is 0.293. The van der Waals surface area contributed by atoms with Gasteiger partial charge in [-0.2, -0.15) is 0 Å². The fraction of sp³-hybridized carbons (Fsp3) is 0.429. The predicted octanol–water partition coefficient (Wildman–Crippen LogP) is 3.13. The van der Waals surface area contributed by atoms with Crippen LogP contribution in [0.15, 0.2) is 60.7 Å². The Balaban J connectivity index is 1.41. The van der Waals surface area contributed by atoms with E-state index in [1.165, 1.54) is 0 Å². The summed E-state index contributed by atoms with van der Waals surface area (Å²) in [4.78, 5) is 53.3. The van der Waals surface area contributed by atoms with E-state index in [1.54, 1.807) is 9.80 Å². The summed E-state index contributed by atoms with van der Waals surface area (Å²) in [5.41, 5.74) is 1.72. The number of rotatable bonds is 10. The third-order valence-electron chi connectivity index (χ3n) is 6.45. The molecule has 8 heteroatoms. The van der Waals surface area contributed by atoms with Gasteiger partial charge in [0.05, 0.1) is 11.8 Å². The van der Waals surface area contributed by atoms with E-state index in [0.29, 0.717) is 39.0 Å². The zero-order chi connectivity index (χ0) is 25.9. The van der Waals surface area contributed by atoms with Crippen LogP contribution in [0.1, 0.15) is 49.7 Å². The Morgan fingerprint density at radius 3 is 1.28 bits per heavy atom. The van der Waals surface area contributed by atoms with Crippen LogP contribution in [-0.2, 0) is 28.7 Å². The molecule has 0 aliphatic carbocycles. The smallest absolute Gasteiger partial charge is 0.313 e. The number of ether oxygens (including phenoxy) is 2. The van der Waals surface area contributed by atoms with Gasteiger partial charge in [0.15, 0.2) is 13.2 Å². The first-order valence-electron chi connectivity index (χ1n) is 12.4. The van der Waals surface area contributed by atoms with Crippen LogP contribution in [0.25, 0.3) is 0 Å². The molecule has 1 fully saturated rings. The van der Waals surface area contributed by atoms with Crippen molar-refractivity contribution in [3.63, 3.8) is 0 Å². The lowest BCUT2D eigenvalue weighted by Crippen LogP contribution is -2.52. The minimum atomic E-state index is -0.423. The molecule has 2 atom stereocenters. The number of hydrogen-bond acceptors (Lipinski definition) is 6. The number of amides is 2. The van der Waals surface area contributed by atoms with Crippen molar-refractivity contribution in [3.05, 3.63) is 71.8 Å². The standard InChI is InChI=1S/C28H34N2O6/c1-3-23(21-11-7-5-8-12-21)27(33)35-19-25(31)29-15-17-30(18-16-29)26(32)20-36-28(34)24(4-2)22-13-9-6-10-14-22/h5-14,23-24H,3-4,15-20H2,1-2H3/t23-,24-/m1/s1.